The molecule has 12 heavy (non-hydrogen) atoms. The van der Waals surface area contributed by atoms with E-state index in [1.165, 1.54) is 39.2 Å². The van der Waals surface area contributed by atoms with E-state index >= 15 is 0 Å². The second-order valence-electron chi connectivity index (χ2n) is 3.51. The molecule has 0 aromatic rings. The van der Waals surface area contributed by atoms with Gasteiger partial charge in [0.05, 0.1) is 0 Å². The maximum absolute atomic E-state index is 4.50. The molecule has 0 saturated carbocycles. The van der Waals surface area contributed by atoms with Gasteiger partial charge in [-0.25, -0.2) is 0 Å². The SMILES string of the molecule is CCCCC1=CCC(C)C1.CN. The number of unbranched alkanes of at least 4 members (excludes halogenated alkanes) is 1. The Balaban J connectivity index is 0.000000561. The Morgan fingerprint density at radius 1 is 1.50 bits per heavy atom. The van der Waals surface area contributed by atoms with Gasteiger partial charge < -0.3 is 5.73 Å². The average Bonchev–Trinajstić information content (AvgIpc) is 2.51. The second-order valence-corrected chi connectivity index (χ2v) is 3.51. The van der Waals surface area contributed by atoms with E-state index in [1.807, 2.05) is 0 Å². The predicted octanol–water partition coefficient (Wildman–Crippen LogP) is 3.11. The molecule has 1 atom stereocenters. The summed E-state index contributed by atoms with van der Waals surface area (Å²) in [7, 11) is 1.50. The summed E-state index contributed by atoms with van der Waals surface area (Å²) in [5.74, 6) is 0.937. The molecule has 72 valence electrons. The van der Waals surface area contributed by atoms with E-state index in [1.54, 1.807) is 5.57 Å². The molecule has 0 radical (unpaired) electrons. The van der Waals surface area contributed by atoms with E-state index in [0.29, 0.717) is 0 Å². The monoisotopic (exact) mass is 169 g/mol. The molecule has 0 fully saturated rings. The van der Waals surface area contributed by atoms with Crippen LogP contribution in [0.15, 0.2) is 11.6 Å². The van der Waals surface area contributed by atoms with E-state index in [-0.39, 0.29) is 0 Å². The van der Waals surface area contributed by atoms with E-state index in [9.17, 15) is 0 Å². The van der Waals surface area contributed by atoms with Gasteiger partial charge in [-0.05, 0) is 38.6 Å². The summed E-state index contributed by atoms with van der Waals surface area (Å²) < 4.78 is 0. The summed E-state index contributed by atoms with van der Waals surface area (Å²) in [6, 6.07) is 0. The van der Waals surface area contributed by atoms with E-state index in [0.717, 1.165) is 5.92 Å². The third-order valence-electron chi connectivity index (χ3n) is 2.27. The van der Waals surface area contributed by atoms with Crippen molar-refractivity contribution >= 4 is 0 Å². The summed E-state index contributed by atoms with van der Waals surface area (Å²) >= 11 is 0. The van der Waals surface area contributed by atoms with Crippen LogP contribution < -0.4 is 5.73 Å². The predicted molar refractivity (Wildman–Crippen MR) is 56.1 cm³/mol. The molecule has 0 spiro atoms. The van der Waals surface area contributed by atoms with Crippen molar-refractivity contribution in [1.29, 1.82) is 0 Å². The Kier molecular flexibility index (Phi) is 7.17. The van der Waals surface area contributed by atoms with Gasteiger partial charge in [0.15, 0.2) is 0 Å². The lowest BCUT2D eigenvalue weighted by Gasteiger charge is -2.01. The van der Waals surface area contributed by atoms with Crippen molar-refractivity contribution in [3.63, 3.8) is 0 Å². The lowest BCUT2D eigenvalue weighted by molar-refractivity contribution is 0.613. The first-order valence-electron chi connectivity index (χ1n) is 5.08. The molecule has 2 N–H and O–H groups in total. The maximum Gasteiger partial charge on any atom is -0.0195 e. The van der Waals surface area contributed by atoms with Crippen LogP contribution in [0.1, 0.15) is 46.0 Å². The zero-order valence-electron chi connectivity index (χ0n) is 8.77. The van der Waals surface area contributed by atoms with Gasteiger partial charge in [-0.1, -0.05) is 31.9 Å². The highest BCUT2D eigenvalue weighted by Crippen LogP contribution is 2.27. The van der Waals surface area contributed by atoms with Gasteiger partial charge in [0.2, 0.25) is 0 Å². The van der Waals surface area contributed by atoms with Gasteiger partial charge in [0.1, 0.15) is 0 Å². The van der Waals surface area contributed by atoms with Crippen molar-refractivity contribution in [2.75, 3.05) is 7.05 Å². The fourth-order valence-electron chi connectivity index (χ4n) is 1.59. The minimum atomic E-state index is 0.937. The molecular weight excluding hydrogens is 146 g/mol. The van der Waals surface area contributed by atoms with Crippen LogP contribution in [0.3, 0.4) is 0 Å². The van der Waals surface area contributed by atoms with Crippen LogP contribution >= 0.6 is 0 Å². The summed E-state index contributed by atoms with van der Waals surface area (Å²) in [5, 5.41) is 0. The van der Waals surface area contributed by atoms with Crippen molar-refractivity contribution in [3.05, 3.63) is 11.6 Å². The first kappa shape index (κ1) is 11.7. The Morgan fingerprint density at radius 3 is 2.58 bits per heavy atom. The molecule has 0 amide bonds. The third kappa shape index (κ3) is 4.55. The van der Waals surface area contributed by atoms with Gasteiger partial charge in [-0.2, -0.15) is 0 Å². The molecule has 0 aliphatic heterocycles. The van der Waals surface area contributed by atoms with Crippen LogP contribution in [-0.2, 0) is 0 Å². The minimum Gasteiger partial charge on any atom is -0.333 e. The van der Waals surface area contributed by atoms with Crippen molar-refractivity contribution in [2.24, 2.45) is 11.7 Å². The molecule has 0 saturated heterocycles. The zero-order valence-corrected chi connectivity index (χ0v) is 8.77. The lowest BCUT2D eigenvalue weighted by Crippen LogP contribution is -1.85. The van der Waals surface area contributed by atoms with Gasteiger partial charge in [0.25, 0.3) is 0 Å². The average molecular weight is 169 g/mol. The van der Waals surface area contributed by atoms with E-state index < -0.39 is 0 Å². The van der Waals surface area contributed by atoms with Crippen molar-refractivity contribution < 1.29 is 0 Å². The molecule has 0 aromatic carbocycles. The number of nitrogens with two attached hydrogens (primary N) is 1. The van der Waals surface area contributed by atoms with Gasteiger partial charge in [-0.3, -0.25) is 0 Å². The molecule has 1 aliphatic carbocycles. The Bertz CT molecular complexity index is 127. The fourth-order valence-corrected chi connectivity index (χ4v) is 1.59. The molecule has 0 aromatic heterocycles. The molecule has 0 bridgehead atoms. The zero-order chi connectivity index (χ0) is 9.40. The van der Waals surface area contributed by atoms with Gasteiger partial charge in [0, 0.05) is 0 Å². The largest absolute Gasteiger partial charge is 0.333 e. The number of allylic oxidation sites excluding steroid dienone is 2. The number of hydrogen-bond donors (Lipinski definition) is 1. The topological polar surface area (TPSA) is 26.0 Å². The third-order valence-corrected chi connectivity index (χ3v) is 2.27. The first-order valence-corrected chi connectivity index (χ1v) is 5.08. The summed E-state index contributed by atoms with van der Waals surface area (Å²) in [6.07, 6.45) is 9.24. The number of rotatable bonds is 3. The molecular formula is C11H23N. The van der Waals surface area contributed by atoms with Crippen LogP contribution in [0.5, 0.6) is 0 Å². The summed E-state index contributed by atoms with van der Waals surface area (Å²) in [4.78, 5) is 0. The van der Waals surface area contributed by atoms with E-state index in [4.69, 9.17) is 0 Å². The summed E-state index contributed by atoms with van der Waals surface area (Å²) in [6.45, 7) is 4.61. The molecule has 1 unspecified atom stereocenters. The van der Waals surface area contributed by atoms with Crippen LogP contribution in [0.4, 0.5) is 0 Å². The lowest BCUT2D eigenvalue weighted by atomic mass is 10.0. The highest BCUT2D eigenvalue weighted by molar-refractivity contribution is 5.09. The fraction of sp³-hybridized carbons (Fsp3) is 0.818. The summed E-state index contributed by atoms with van der Waals surface area (Å²) in [5.41, 5.74) is 6.22. The van der Waals surface area contributed by atoms with Gasteiger partial charge in [-0.15, -0.1) is 0 Å². The smallest absolute Gasteiger partial charge is 0.0195 e. The Labute approximate surface area is 77.0 Å². The number of hydrogen-bond acceptors (Lipinski definition) is 1. The van der Waals surface area contributed by atoms with Crippen molar-refractivity contribution in [2.45, 2.75) is 46.0 Å². The van der Waals surface area contributed by atoms with Crippen LogP contribution in [0.25, 0.3) is 0 Å². The first-order chi connectivity index (χ1) is 5.83. The van der Waals surface area contributed by atoms with E-state index in [2.05, 4.69) is 25.7 Å². The highest BCUT2D eigenvalue weighted by Gasteiger charge is 2.10. The molecule has 1 nitrogen and oxygen atoms in total. The quantitative estimate of drug-likeness (QED) is 0.645. The molecule has 1 aliphatic rings. The maximum atomic E-state index is 4.50. The van der Waals surface area contributed by atoms with Crippen LogP contribution in [-0.4, -0.2) is 7.05 Å². The Hall–Kier alpha value is -0.300. The molecule has 1 rings (SSSR count). The minimum absolute atomic E-state index is 0.937. The highest BCUT2D eigenvalue weighted by atomic mass is 14.4. The second kappa shape index (κ2) is 7.35. The van der Waals surface area contributed by atoms with Gasteiger partial charge >= 0.3 is 0 Å². The normalized spacial score (nSPS) is 21.3. The molecule has 1 heteroatoms. The van der Waals surface area contributed by atoms with Crippen molar-refractivity contribution in [3.8, 4) is 0 Å². The molecule has 0 heterocycles. The van der Waals surface area contributed by atoms with Crippen LogP contribution in [0.2, 0.25) is 0 Å². The standard InChI is InChI=1S/C10H18.CH5N/c1-3-4-5-10-7-6-9(2)8-10;1-2/h7,9H,3-6,8H2,1-2H3;2H2,1H3. The Morgan fingerprint density at radius 2 is 2.17 bits per heavy atom. The van der Waals surface area contributed by atoms with Crippen molar-refractivity contribution in [1.82, 2.24) is 0 Å². The van der Waals surface area contributed by atoms with Crippen LogP contribution in [0, 0.1) is 5.92 Å².